The molecule has 1 saturated carbocycles. The fraction of sp³-hybridized carbons (Fsp3) is 0.200. The van der Waals surface area contributed by atoms with Crippen LogP contribution in [0.25, 0.3) is 22.5 Å². The third-order valence-electron chi connectivity index (χ3n) is 6.27. The highest BCUT2D eigenvalue weighted by Crippen LogP contribution is 2.48. The highest BCUT2D eigenvalue weighted by Gasteiger charge is 2.43. The average molecular weight is 449 g/mol. The van der Waals surface area contributed by atoms with Crippen LogP contribution < -0.4 is 10.1 Å². The van der Waals surface area contributed by atoms with Gasteiger partial charge in [-0.1, -0.05) is 35.9 Å². The van der Waals surface area contributed by atoms with Crippen molar-refractivity contribution in [3.63, 3.8) is 0 Å². The van der Waals surface area contributed by atoms with Gasteiger partial charge in [0.25, 0.3) is 5.91 Å². The van der Waals surface area contributed by atoms with E-state index in [2.05, 4.69) is 10.3 Å². The van der Waals surface area contributed by atoms with E-state index < -0.39 is 5.91 Å². The van der Waals surface area contributed by atoms with Crippen LogP contribution in [0.1, 0.15) is 29.5 Å². The second kappa shape index (κ2) is 7.65. The standard InChI is InChI=1S/C25H21ClN2O4/c1-32-21-7-4-15(12-27-21)23(30)22-18-10-17(19(26)11-20(18)28-24(22)31)14-2-5-16(6-3-14)25(13-29)8-9-25/h2-7,10-12,29-30H,8-9,13H2,1H3,(H,28,31)/b23-22+. The van der Waals surface area contributed by atoms with Gasteiger partial charge in [0, 0.05) is 34.4 Å². The van der Waals surface area contributed by atoms with Gasteiger partial charge in [0.1, 0.15) is 5.76 Å². The SMILES string of the molecule is COc1ccc(/C(O)=C2\C(=O)Nc3cc(Cl)c(-c4ccc(C5(CO)CC5)cc4)cc32)cn1. The maximum atomic E-state index is 12.7. The molecule has 0 bridgehead atoms. The normalized spacial score (nSPS) is 17.5. The summed E-state index contributed by atoms with van der Waals surface area (Å²) < 4.78 is 5.05. The number of ether oxygens (including phenoxy) is 1. The van der Waals surface area contributed by atoms with Gasteiger partial charge in [-0.15, -0.1) is 0 Å². The molecule has 0 spiro atoms. The Labute approximate surface area is 190 Å². The zero-order valence-electron chi connectivity index (χ0n) is 17.4. The Balaban J connectivity index is 1.56. The molecule has 2 aliphatic rings. The molecule has 162 valence electrons. The Morgan fingerprint density at radius 1 is 1.16 bits per heavy atom. The van der Waals surface area contributed by atoms with E-state index in [4.69, 9.17) is 16.3 Å². The van der Waals surface area contributed by atoms with Gasteiger partial charge in [0.2, 0.25) is 5.88 Å². The number of hydrogen-bond acceptors (Lipinski definition) is 5. The molecule has 5 rings (SSSR count). The minimum atomic E-state index is -0.407. The van der Waals surface area contributed by atoms with Crippen molar-refractivity contribution >= 4 is 34.5 Å². The van der Waals surface area contributed by atoms with Gasteiger partial charge in [-0.2, -0.15) is 0 Å². The first-order chi connectivity index (χ1) is 15.5. The molecule has 2 heterocycles. The molecule has 2 aromatic carbocycles. The van der Waals surface area contributed by atoms with E-state index >= 15 is 0 Å². The number of carbonyl (C=O) groups is 1. The summed E-state index contributed by atoms with van der Waals surface area (Å²) in [7, 11) is 1.51. The van der Waals surface area contributed by atoms with E-state index in [0.29, 0.717) is 27.7 Å². The molecular formula is C25H21ClN2O4. The Morgan fingerprint density at radius 3 is 2.50 bits per heavy atom. The minimum Gasteiger partial charge on any atom is -0.506 e. The third kappa shape index (κ3) is 3.32. The van der Waals surface area contributed by atoms with Crippen molar-refractivity contribution in [2.75, 3.05) is 19.0 Å². The van der Waals surface area contributed by atoms with E-state index in [9.17, 15) is 15.0 Å². The largest absolute Gasteiger partial charge is 0.506 e. The second-order valence-electron chi connectivity index (χ2n) is 8.16. The average Bonchev–Trinajstić information content (AvgIpc) is 3.55. The highest BCUT2D eigenvalue weighted by atomic mass is 35.5. The zero-order chi connectivity index (χ0) is 22.5. The topological polar surface area (TPSA) is 91.7 Å². The quantitative estimate of drug-likeness (QED) is 0.384. The van der Waals surface area contributed by atoms with E-state index in [-0.39, 0.29) is 23.4 Å². The number of halogens is 1. The van der Waals surface area contributed by atoms with Crippen molar-refractivity contribution < 1.29 is 19.7 Å². The molecule has 7 heteroatoms. The maximum Gasteiger partial charge on any atom is 0.260 e. The van der Waals surface area contributed by atoms with Crippen molar-refractivity contribution in [2.24, 2.45) is 0 Å². The number of hydrogen-bond donors (Lipinski definition) is 3. The molecule has 3 N–H and O–H groups in total. The van der Waals surface area contributed by atoms with Gasteiger partial charge in [-0.3, -0.25) is 4.79 Å². The number of nitrogens with zero attached hydrogens (tertiary/aromatic N) is 1. The molecule has 0 radical (unpaired) electrons. The summed E-state index contributed by atoms with van der Waals surface area (Å²) in [6, 6.07) is 14.7. The first kappa shape index (κ1) is 20.5. The summed E-state index contributed by atoms with van der Waals surface area (Å²) in [5.41, 5.74) is 4.33. The molecule has 3 aromatic rings. The number of benzene rings is 2. The van der Waals surface area contributed by atoms with Gasteiger partial charge < -0.3 is 20.3 Å². The van der Waals surface area contributed by atoms with Crippen LogP contribution in [0.15, 0.2) is 54.7 Å². The molecule has 6 nitrogen and oxygen atoms in total. The smallest absolute Gasteiger partial charge is 0.260 e. The van der Waals surface area contributed by atoms with Crippen LogP contribution in [0.5, 0.6) is 5.88 Å². The summed E-state index contributed by atoms with van der Waals surface area (Å²) in [5, 5.41) is 23.8. The number of amides is 1. The second-order valence-corrected chi connectivity index (χ2v) is 8.57. The molecule has 0 saturated heterocycles. The number of nitrogens with one attached hydrogen (secondary N) is 1. The Morgan fingerprint density at radius 2 is 1.91 bits per heavy atom. The predicted octanol–water partition coefficient (Wildman–Crippen LogP) is 4.81. The Bertz CT molecular complexity index is 1250. The zero-order valence-corrected chi connectivity index (χ0v) is 18.1. The lowest BCUT2D eigenvalue weighted by Crippen LogP contribution is -2.11. The van der Waals surface area contributed by atoms with Gasteiger partial charge >= 0.3 is 0 Å². The minimum absolute atomic E-state index is 0.106. The van der Waals surface area contributed by atoms with Crippen molar-refractivity contribution in [1.29, 1.82) is 0 Å². The van der Waals surface area contributed by atoms with Gasteiger partial charge in [0.05, 0.1) is 30.0 Å². The van der Waals surface area contributed by atoms with Crippen molar-refractivity contribution in [2.45, 2.75) is 18.3 Å². The Kier molecular flexibility index (Phi) is 4.92. The van der Waals surface area contributed by atoms with Gasteiger partial charge in [-0.05, 0) is 42.2 Å². The van der Waals surface area contributed by atoms with E-state index in [0.717, 1.165) is 29.5 Å². The molecule has 1 aliphatic heterocycles. The number of fused-ring (bicyclic) bond motifs is 1. The molecule has 1 fully saturated rings. The summed E-state index contributed by atoms with van der Waals surface area (Å²) in [6.07, 6.45) is 3.44. The van der Waals surface area contributed by atoms with Gasteiger partial charge in [0.15, 0.2) is 0 Å². The summed E-state index contributed by atoms with van der Waals surface area (Å²) in [4.78, 5) is 16.8. The molecule has 0 atom stereocenters. The van der Waals surface area contributed by atoms with Crippen LogP contribution in [0.3, 0.4) is 0 Å². The van der Waals surface area contributed by atoms with Crippen molar-refractivity contribution in [1.82, 2.24) is 4.98 Å². The fourth-order valence-electron chi connectivity index (χ4n) is 4.12. The van der Waals surface area contributed by atoms with Crippen LogP contribution in [0.2, 0.25) is 5.02 Å². The number of rotatable bonds is 5. The molecule has 0 unspecified atom stereocenters. The monoisotopic (exact) mass is 448 g/mol. The molecular weight excluding hydrogens is 428 g/mol. The lowest BCUT2D eigenvalue weighted by atomic mass is 9.93. The lowest BCUT2D eigenvalue weighted by molar-refractivity contribution is -0.110. The number of carbonyl (C=O) groups excluding carboxylic acids is 1. The van der Waals surface area contributed by atoms with Crippen LogP contribution in [0, 0.1) is 0 Å². The van der Waals surface area contributed by atoms with E-state index in [1.807, 2.05) is 30.3 Å². The molecule has 1 aromatic heterocycles. The number of methoxy groups -OCH3 is 1. The van der Waals surface area contributed by atoms with Crippen LogP contribution in [-0.4, -0.2) is 34.8 Å². The number of aliphatic hydroxyl groups is 2. The van der Waals surface area contributed by atoms with Gasteiger partial charge in [-0.25, -0.2) is 4.98 Å². The highest BCUT2D eigenvalue weighted by molar-refractivity contribution is 6.38. The van der Waals surface area contributed by atoms with E-state index in [1.165, 1.54) is 13.3 Å². The lowest BCUT2D eigenvalue weighted by Gasteiger charge is -2.14. The van der Waals surface area contributed by atoms with Crippen LogP contribution in [0.4, 0.5) is 5.69 Å². The maximum absolute atomic E-state index is 12.7. The van der Waals surface area contributed by atoms with Crippen molar-refractivity contribution in [3.05, 3.63) is 76.4 Å². The summed E-state index contributed by atoms with van der Waals surface area (Å²) in [6.45, 7) is 0.146. The first-order valence-electron chi connectivity index (χ1n) is 10.3. The summed E-state index contributed by atoms with van der Waals surface area (Å²) in [5.74, 6) is -0.163. The number of pyridine rings is 1. The van der Waals surface area contributed by atoms with E-state index in [1.54, 1.807) is 18.2 Å². The summed E-state index contributed by atoms with van der Waals surface area (Å²) >= 11 is 6.54. The number of anilines is 1. The number of aliphatic hydroxyl groups excluding tert-OH is 2. The Hall–Kier alpha value is -3.35. The molecule has 1 amide bonds. The first-order valence-corrected chi connectivity index (χ1v) is 10.6. The van der Waals surface area contributed by atoms with Crippen LogP contribution >= 0.6 is 11.6 Å². The molecule has 1 aliphatic carbocycles. The number of aromatic nitrogens is 1. The van der Waals surface area contributed by atoms with Crippen LogP contribution in [-0.2, 0) is 10.2 Å². The van der Waals surface area contributed by atoms with Crippen molar-refractivity contribution in [3.8, 4) is 17.0 Å². The predicted molar refractivity (Wildman–Crippen MR) is 124 cm³/mol. The molecule has 32 heavy (non-hydrogen) atoms. The third-order valence-corrected chi connectivity index (χ3v) is 6.58. The fourth-order valence-corrected chi connectivity index (χ4v) is 4.40.